The summed E-state index contributed by atoms with van der Waals surface area (Å²) in [6.07, 6.45) is 9.07. The van der Waals surface area contributed by atoms with E-state index in [1.165, 1.54) is 25.7 Å². The number of hydrogen-bond acceptors (Lipinski definition) is 4. The van der Waals surface area contributed by atoms with Crippen LogP contribution < -0.4 is 5.73 Å². The van der Waals surface area contributed by atoms with Gasteiger partial charge in [0.1, 0.15) is 6.04 Å². The zero-order valence-corrected chi connectivity index (χ0v) is 13.3. The maximum Gasteiger partial charge on any atom is 0.330 e. The summed E-state index contributed by atoms with van der Waals surface area (Å²) in [5.41, 5.74) is 5.72. The Labute approximate surface area is 123 Å². The summed E-state index contributed by atoms with van der Waals surface area (Å²) in [4.78, 5) is 23.1. The summed E-state index contributed by atoms with van der Waals surface area (Å²) in [7, 11) is 0. The zero-order chi connectivity index (χ0) is 15.4. The van der Waals surface area contributed by atoms with Gasteiger partial charge in [0, 0.05) is 6.42 Å². The molecule has 0 heterocycles. The average molecular weight is 285 g/mol. The monoisotopic (exact) mass is 285 g/mol. The topological polar surface area (TPSA) is 69.4 Å². The number of carbonyl (C=O) groups is 2. The molecule has 0 fully saturated rings. The van der Waals surface area contributed by atoms with Crippen molar-refractivity contribution in [3.05, 3.63) is 0 Å². The number of esters is 2. The molecular formula is C16H31NO3. The van der Waals surface area contributed by atoms with Crippen LogP contribution in [0.4, 0.5) is 0 Å². The largest absolute Gasteiger partial charge is 0.392 e. The van der Waals surface area contributed by atoms with E-state index < -0.39 is 18.0 Å². The molecule has 0 aromatic carbocycles. The van der Waals surface area contributed by atoms with Crippen LogP contribution in [0.2, 0.25) is 0 Å². The van der Waals surface area contributed by atoms with E-state index in [2.05, 4.69) is 6.92 Å². The van der Waals surface area contributed by atoms with Gasteiger partial charge in [-0.2, -0.15) is 0 Å². The van der Waals surface area contributed by atoms with Crippen molar-refractivity contribution < 1.29 is 14.3 Å². The highest BCUT2D eigenvalue weighted by molar-refractivity contribution is 5.88. The van der Waals surface area contributed by atoms with E-state index in [0.717, 1.165) is 25.7 Å². The standard InChI is InChI=1S/C16H31NO3/c1-4-6-7-8-9-10-11-12-14(18)20-16(19)15(17)13(3)5-2/h13,15H,4-12,17H2,1-3H3/t13-,15-/m0/s1. The molecule has 4 heteroatoms. The van der Waals surface area contributed by atoms with Gasteiger partial charge in [-0.05, 0) is 12.3 Å². The molecule has 0 aromatic heterocycles. The Morgan fingerprint density at radius 1 is 1.00 bits per heavy atom. The van der Waals surface area contributed by atoms with Crippen LogP contribution in [0.3, 0.4) is 0 Å². The summed E-state index contributed by atoms with van der Waals surface area (Å²) in [6, 6.07) is -0.696. The predicted molar refractivity (Wildman–Crippen MR) is 81.1 cm³/mol. The van der Waals surface area contributed by atoms with E-state index in [1.54, 1.807) is 0 Å². The van der Waals surface area contributed by atoms with Crippen molar-refractivity contribution >= 4 is 11.9 Å². The Morgan fingerprint density at radius 3 is 2.10 bits per heavy atom. The van der Waals surface area contributed by atoms with Crippen LogP contribution in [0.25, 0.3) is 0 Å². The first kappa shape index (κ1) is 19.1. The highest BCUT2D eigenvalue weighted by atomic mass is 16.6. The quantitative estimate of drug-likeness (QED) is 0.358. The Kier molecular flexibility index (Phi) is 11.4. The first-order chi connectivity index (χ1) is 9.52. The molecule has 0 aromatic rings. The summed E-state index contributed by atoms with van der Waals surface area (Å²) >= 11 is 0. The van der Waals surface area contributed by atoms with E-state index in [9.17, 15) is 9.59 Å². The lowest BCUT2D eigenvalue weighted by Crippen LogP contribution is -2.39. The van der Waals surface area contributed by atoms with Gasteiger partial charge in [0.05, 0.1) is 0 Å². The molecule has 0 aliphatic heterocycles. The number of unbranched alkanes of at least 4 members (excludes halogenated alkanes) is 6. The predicted octanol–water partition coefficient (Wildman–Crippen LogP) is 3.57. The maximum absolute atomic E-state index is 11.6. The lowest BCUT2D eigenvalue weighted by atomic mass is 10.0. The first-order valence-electron chi connectivity index (χ1n) is 8.03. The molecule has 4 nitrogen and oxygen atoms in total. The molecular weight excluding hydrogens is 254 g/mol. The molecule has 2 atom stereocenters. The number of rotatable bonds is 11. The van der Waals surface area contributed by atoms with Crippen molar-refractivity contribution in [1.29, 1.82) is 0 Å². The first-order valence-corrected chi connectivity index (χ1v) is 8.03. The molecule has 0 saturated heterocycles. The molecule has 2 N–H and O–H groups in total. The van der Waals surface area contributed by atoms with Crippen LogP contribution in [-0.4, -0.2) is 18.0 Å². The molecule has 20 heavy (non-hydrogen) atoms. The van der Waals surface area contributed by atoms with E-state index in [1.807, 2.05) is 13.8 Å². The molecule has 118 valence electrons. The summed E-state index contributed by atoms with van der Waals surface area (Å²) < 4.78 is 4.78. The minimum atomic E-state index is -0.696. The van der Waals surface area contributed by atoms with Crippen LogP contribution in [-0.2, 0) is 14.3 Å². The second-order valence-corrected chi connectivity index (χ2v) is 5.58. The van der Waals surface area contributed by atoms with Gasteiger partial charge in [-0.3, -0.25) is 4.79 Å². The fourth-order valence-corrected chi connectivity index (χ4v) is 1.94. The number of carbonyl (C=O) groups excluding carboxylic acids is 2. The number of hydrogen-bond donors (Lipinski definition) is 1. The summed E-state index contributed by atoms with van der Waals surface area (Å²) in [5, 5.41) is 0. The molecule has 0 bridgehead atoms. The fourth-order valence-electron chi connectivity index (χ4n) is 1.94. The van der Waals surface area contributed by atoms with Gasteiger partial charge in [-0.15, -0.1) is 0 Å². The van der Waals surface area contributed by atoms with Gasteiger partial charge in [0.2, 0.25) is 0 Å². The van der Waals surface area contributed by atoms with E-state index in [-0.39, 0.29) is 5.92 Å². The SMILES string of the molecule is CCCCCCCCCC(=O)OC(=O)[C@@H](N)[C@@H](C)CC. The van der Waals surface area contributed by atoms with Crippen LogP contribution in [0.15, 0.2) is 0 Å². The third kappa shape index (κ3) is 9.08. The van der Waals surface area contributed by atoms with Crippen molar-refractivity contribution in [2.24, 2.45) is 11.7 Å². The van der Waals surface area contributed by atoms with Crippen molar-refractivity contribution in [1.82, 2.24) is 0 Å². The minimum absolute atomic E-state index is 0.0360. The number of nitrogens with two attached hydrogens (primary N) is 1. The van der Waals surface area contributed by atoms with Crippen LogP contribution in [0, 0.1) is 5.92 Å². The van der Waals surface area contributed by atoms with E-state index in [4.69, 9.17) is 10.5 Å². The van der Waals surface area contributed by atoms with E-state index in [0.29, 0.717) is 6.42 Å². The van der Waals surface area contributed by atoms with Crippen LogP contribution >= 0.6 is 0 Å². The van der Waals surface area contributed by atoms with Crippen LogP contribution in [0.1, 0.15) is 78.6 Å². The fraction of sp³-hybridized carbons (Fsp3) is 0.875. The van der Waals surface area contributed by atoms with Gasteiger partial charge in [0.25, 0.3) is 0 Å². The highest BCUT2D eigenvalue weighted by Gasteiger charge is 2.23. The lowest BCUT2D eigenvalue weighted by molar-refractivity contribution is -0.161. The zero-order valence-electron chi connectivity index (χ0n) is 13.3. The third-order valence-electron chi connectivity index (χ3n) is 3.73. The maximum atomic E-state index is 11.6. The molecule has 0 amide bonds. The van der Waals surface area contributed by atoms with Gasteiger partial charge < -0.3 is 10.5 Å². The second-order valence-electron chi connectivity index (χ2n) is 5.58. The number of ether oxygens (including phenoxy) is 1. The van der Waals surface area contributed by atoms with Gasteiger partial charge in [-0.1, -0.05) is 65.7 Å². The Balaban J connectivity index is 3.65. The van der Waals surface area contributed by atoms with Crippen molar-refractivity contribution in [3.8, 4) is 0 Å². The van der Waals surface area contributed by atoms with Crippen molar-refractivity contribution in [2.75, 3.05) is 0 Å². The van der Waals surface area contributed by atoms with Crippen molar-refractivity contribution in [2.45, 2.75) is 84.6 Å². The average Bonchev–Trinajstić information content (AvgIpc) is 2.44. The third-order valence-corrected chi connectivity index (χ3v) is 3.73. The summed E-state index contributed by atoms with van der Waals surface area (Å²) in [5.74, 6) is -0.997. The van der Waals surface area contributed by atoms with Gasteiger partial charge in [-0.25, -0.2) is 4.79 Å². The highest BCUT2D eigenvalue weighted by Crippen LogP contribution is 2.10. The lowest BCUT2D eigenvalue weighted by Gasteiger charge is -2.15. The Morgan fingerprint density at radius 2 is 1.55 bits per heavy atom. The molecule has 0 radical (unpaired) electrons. The molecule has 0 rings (SSSR count). The van der Waals surface area contributed by atoms with E-state index >= 15 is 0 Å². The normalized spacial score (nSPS) is 13.8. The van der Waals surface area contributed by atoms with Gasteiger partial charge in [0.15, 0.2) is 0 Å². The minimum Gasteiger partial charge on any atom is -0.392 e. The second kappa shape index (κ2) is 11.9. The van der Waals surface area contributed by atoms with Crippen molar-refractivity contribution in [3.63, 3.8) is 0 Å². The van der Waals surface area contributed by atoms with Crippen LogP contribution in [0.5, 0.6) is 0 Å². The molecule has 0 aliphatic carbocycles. The molecule has 0 spiro atoms. The smallest absolute Gasteiger partial charge is 0.330 e. The molecule has 0 saturated carbocycles. The Hall–Kier alpha value is -0.900. The Bertz CT molecular complexity index is 279. The molecule has 0 unspecified atom stereocenters. The molecule has 0 aliphatic rings. The van der Waals surface area contributed by atoms with Gasteiger partial charge >= 0.3 is 11.9 Å². The summed E-state index contributed by atoms with van der Waals surface area (Å²) in [6.45, 7) is 6.03.